The number of halogens is 3. The van der Waals surface area contributed by atoms with Crippen LogP contribution in [0.3, 0.4) is 0 Å². The molecule has 0 fully saturated rings. The van der Waals surface area contributed by atoms with Gasteiger partial charge in [-0.3, -0.25) is 4.79 Å². The molecule has 1 aromatic rings. The van der Waals surface area contributed by atoms with Crippen molar-refractivity contribution in [1.82, 2.24) is 5.32 Å². The van der Waals surface area contributed by atoms with Crippen LogP contribution in [-0.4, -0.2) is 23.5 Å². The summed E-state index contributed by atoms with van der Waals surface area (Å²) < 4.78 is 43.8. The molecule has 4 nitrogen and oxygen atoms in total. The Morgan fingerprint density at radius 3 is 2.52 bits per heavy atom. The molecule has 0 atom stereocenters. The Morgan fingerprint density at radius 1 is 1.43 bits per heavy atom. The zero-order valence-electron chi connectivity index (χ0n) is 11.5. The van der Waals surface area contributed by atoms with Crippen LogP contribution < -0.4 is 15.8 Å². The second-order valence-corrected chi connectivity index (χ2v) is 5.02. The number of hydrogen-bond acceptors (Lipinski definition) is 3. The number of thiocarbonyl (C=S) groups is 1. The number of nitrogens with one attached hydrogen (secondary N) is 1. The van der Waals surface area contributed by atoms with E-state index in [1.54, 1.807) is 13.8 Å². The van der Waals surface area contributed by atoms with Crippen molar-refractivity contribution < 1.29 is 22.7 Å². The summed E-state index contributed by atoms with van der Waals surface area (Å²) in [6, 6.07) is 3.09. The van der Waals surface area contributed by atoms with Crippen LogP contribution in [0, 0.1) is 0 Å². The van der Waals surface area contributed by atoms with Crippen molar-refractivity contribution in [3.8, 4) is 5.75 Å². The minimum Gasteiger partial charge on any atom is -0.483 e. The summed E-state index contributed by atoms with van der Waals surface area (Å²) in [5.74, 6) is -0.946. The second kappa shape index (κ2) is 6.75. The average Bonchev–Trinajstić information content (AvgIpc) is 2.34. The smallest absolute Gasteiger partial charge is 0.419 e. The summed E-state index contributed by atoms with van der Waals surface area (Å²) in [5.41, 5.74) is 4.37. The van der Waals surface area contributed by atoms with Crippen LogP contribution in [0.25, 0.3) is 0 Å². The third-order valence-corrected chi connectivity index (χ3v) is 2.61. The van der Waals surface area contributed by atoms with Gasteiger partial charge in [-0.05, 0) is 32.0 Å². The van der Waals surface area contributed by atoms with Crippen LogP contribution in [0.5, 0.6) is 5.75 Å². The van der Waals surface area contributed by atoms with Crippen LogP contribution >= 0.6 is 12.2 Å². The van der Waals surface area contributed by atoms with Gasteiger partial charge in [0.2, 0.25) is 0 Å². The van der Waals surface area contributed by atoms with Gasteiger partial charge in [-0.2, -0.15) is 13.2 Å². The number of carbonyl (C=O) groups is 1. The normalized spacial score (nSPS) is 11.3. The van der Waals surface area contributed by atoms with Crippen molar-refractivity contribution in [3.63, 3.8) is 0 Å². The van der Waals surface area contributed by atoms with E-state index in [2.05, 4.69) is 17.5 Å². The standard InChI is InChI=1S/C13H15F3N2O2S/c1-7(2)18-11(19)6-20-10-4-3-8(12(17)21)5-9(10)13(14,15)16/h3-5,7H,6H2,1-2H3,(H2,17,21)(H,18,19). The quantitative estimate of drug-likeness (QED) is 0.817. The highest BCUT2D eigenvalue weighted by Gasteiger charge is 2.35. The Kier molecular flexibility index (Phi) is 5.54. The molecule has 21 heavy (non-hydrogen) atoms. The van der Waals surface area contributed by atoms with E-state index in [0.29, 0.717) is 0 Å². The van der Waals surface area contributed by atoms with Crippen molar-refractivity contribution in [2.24, 2.45) is 5.73 Å². The van der Waals surface area contributed by atoms with Crippen molar-refractivity contribution in [2.75, 3.05) is 6.61 Å². The fraction of sp³-hybridized carbons (Fsp3) is 0.385. The third-order valence-electron chi connectivity index (χ3n) is 2.38. The van der Waals surface area contributed by atoms with Gasteiger partial charge in [-0.15, -0.1) is 0 Å². The monoisotopic (exact) mass is 320 g/mol. The lowest BCUT2D eigenvalue weighted by Gasteiger charge is -2.15. The Balaban J connectivity index is 2.96. The van der Waals surface area contributed by atoms with Gasteiger partial charge >= 0.3 is 6.18 Å². The molecule has 0 aliphatic rings. The molecular formula is C13H15F3N2O2S. The first-order chi connectivity index (χ1) is 9.61. The molecule has 0 bridgehead atoms. The largest absolute Gasteiger partial charge is 0.483 e. The number of alkyl halides is 3. The molecule has 1 aromatic carbocycles. The summed E-state index contributed by atoms with van der Waals surface area (Å²) in [6.07, 6.45) is -4.63. The fourth-order valence-electron chi connectivity index (χ4n) is 1.54. The molecule has 0 aliphatic carbocycles. The number of hydrogen-bond donors (Lipinski definition) is 2. The Hall–Kier alpha value is -1.83. The Labute approximate surface area is 125 Å². The van der Waals surface area contributed by atoms with E-state index in [1.165, 1.54) is 6.07 Å². The van der Waals surface area contributed by atoms with Crippen molar-refractivity contribution in [3.05, 3.63) is 29.3 Å². The Morgan fingerprint density at radius 2 is 2.05 bits per heavy atom. The van der Waals surface area contributed by atoms with Crippen molar-refractivity contribution in [1.29, 1.82) is 0 Å². The maximum absolute atomic E-state index is 13.0. The predicted octanol–water partition coefficient (Wildman–Crippen LogP) is 2.24. The maximum atomic E-state index is 13.0. The van der Waals surface area contributed by atoms with E-state index < -0.39 is 30.0 Å². The van der Waals surface area contributed by atoms with Gasteiger partial charge in [0.15, 0.2) is 6.61 Å². The number of carbonyl (C=O) groups excluding carboxylic acids is 1. The van der Waals surface area contributed by atoms with Gasteiger partial charge in [-0.1, -0.05) is 12.2 Å². The highest BCUT2D eigenvalue weighted by molar-refractivity contribution is 7.80. The molecule has 8 heteroatoms. The highest BCUT2D eigenvalue weighted by atomic mass is 32.1. The Bertz CT molecular complexity index is 545. The van der Waals surface area contributed by atoms with Crippen LogP contribution in [-0.2, 0) is 11.0 Å². The summed E-state index contributed by atoms with van der Waals surface area (Å²) in [4.78, 5) is 11.3. The molecule has 0 saturated heterocycles. The van der Waals surface area contributed by atoms with E-state index in [4.69, 9.17) is 10.5 Å². The minimum atomic E-state index is -4.63. The molecule has 116 valence electrons. The fourth-order valence-corrected chi connectivity index (χ4v) is 1.66. The molecule has 0 saturated carbocycles. The van der Waals surface area contributed by atoms with E-state index in [-0.39, 0.29) is 16.6 Å². The van der Waals surface area contributed by atoms with E-state index in [9.17, 15) is 18.0 Å². The zero-order valence-corrected chi connectivity index (χ0v) is 12.3. The minimum absolute atomic E-state index is 0.0799. The third kappa shape index (κ3) is 5.22. The van der Waals surface area contributed by atoms with Gasteiger partial charge in [0.25, 0.3) is 5.91 Å². The molecule has 3 N–H and O–H groups in total. The molecule has 0 aliphatic heterocycles. The molecule has 0 radical (unpaired) electrons. The lowest BCUT2D eigenvalue weighted by atomic mass is 10.1. The molecule has 0 unspecified atom stereocenters. The molecule has 0 aromatic heterocycles. The van der Waals surface area contributed by atoms with Crippen molar-refractivity contribution in [2.45, 2.75) is 26.1 Å². The lowest BCUT2D eigenvalue weighted by molar-refractivity contribution is -0.139. The maximum Gasteiger partial charge on any atom is 0.419 e. The number of rotatable bonds is 5. The number of ether oxygens (including phenoxy) is 1. The van der Waals surface area contributed by atoms with E-state index in [0.717, 1.165) is 12.1 Å². The van der Waals surface area contributed by atoms with Gasteiger partial charge in [0.05, 0.1) is 5.56 Å². The molecule has 1 rings (SSSR count). The lowest BCUT2D eigenvalue weighted by Crippen LogP contribution is -2.34. The molecule has 1 amide bonds. The second-order valence-electron chi connectivity index (χ2n) is 4.58. The van der Waals surface area contributed by atoms with Crippen LogP contribution in [0.15, 0.2) is 18.2 Å². The average molecular weight is 320 g/mol. The van der Waals surface area contributed by atoms with Gasteiger partial charge < -0.3 is 15.8 Å². The first kappa shape index (κ1) is 17.2. The van der Waals surface area contributed by atoms with E-state index in [1.807, 2.05) is 0 Å². The number of amides is 1. The van der Waals surface area contributed by atoms with E-state index >= 15 is 0 Å². The number of nitrogens with two attached hydrogens (primary N) is 1. The van der Waals surface area contributed by atoms with Crippen molar-refractivity contribution >= 4 is 23.1 Å². The molecule has 0 spiro atoms. The van der Waals surface area contributed by atoms with Gasteiger partial charge in [-0.25, -0.2) is 0 Å². The van der Waals surface area contributed by atoms with Crippen LogP contribution in [0.2, 0.25) is 0 Å². The number of benzene rings is 1. The predicted molar refractivity (Wildman–Crippen MR) is 76.1 cm³/mol. The molecule has 0 heterocycles. The zero-order chi connectivity index (χ0) is 16.2. The summed E-state index contributed by atoms with van der Waals surface area (Å²) in [5, 5.41) is 2.51. The summed E-state index contributed by atoms with van der Waals surface area (Å²) in [7, 11) is 0. The first-order valence-corrected chi connectivity index (χ1v) is 6.45. The van der Waals surface area contributed by atoms with Crippen LogP contribution in [0.4, 0.5) is 13.2 Å². The highest BCUT2D eigenvalue weighted by Crippen LogP contribution is 2.36. The summed E-state index contributed by atoms with van der Waals surface area (Å²) in [6.45, 7) is 2.96. The van der Waals surface area contributed by atoms with Gasteiger partial charge in [0.1, 0.15) is 10.7 Å². The SMILES string of the molecule is CC(C)NC(=O)COc1ccc(C(N)=S)cc1C(F)(F)F. The summed E-state index contributed by atoms with van der Waals surface area (Å²) >= 11 is 4.65. The van der Waals surface area contributed by atoms with Crippen LogP contribution in [0.1, 0.15) is 25.0 Å². The molecular weight excluding hydrogens is 305 g/mol. The van der Waals surface area contributed by atoms with Gasteiger partial charge in [0, 0.05) is 11.6 Å². The topological polar surface area (TPSA) is 64.3 Å². The first-order valence-electron chi connectivity index (χ1n) is 6.04.